The molecule has 194 valence electrons. The van der Waals surface area contributed by atoms with Gasteiger partial charge in [-0.2, -0.15) is 0 Å². The molecule has 0 aromatic carbocycles. The van der Waals surface area contributed by atoms with Crippen LogP contribution in [0.5, 0.6) is 0 Å². The molecule has 15 atom stereocenters. The van der Waals surface area contributed by atoms with Gasteiger partial charge in [-0.3, -0.25) is 0 Å². The highest BCUT2D eigenvalue weighted by Gasteiger charge is 2.49. The third kappa shape index (κ3) is 5.48. The van der Waals surface area contributed by atoms with E-state index in [-0.39, 0.29) is 49.2 Å². The first kappa shape index (κ1) is 27.4. The monoisotopic (exact) mass is 468 g/mol. The molecule has 0 amide bonds. The second-order valence-corrected chi connectivity index (χ2v) is 11.7. The molecular formula is C28H52O5. The number of hydrogen-bond donors (Lipinski definition) is 0. The zero-order chi connectivity index (χ0) is 24.6. The van der Waals surface area contributed by atoms with E-state index in [4.69, 9.17) is 23.7 Å². The van der Waals surface area contributed by atoms with Crippen molar-refractivity contribution in [3.63, 3.8) is 0 Å². The van der Waals surface area contributed by atoms with Crippen LogP contribution in [-0.2, 0) is 23.7 Å². The Hall–Kier alpha value is -0.200. The number of rotatable bonds is 6. The van der Waals surface area contributed by atoms with E-state index in [0.717, 1.165) is 12.8 Å². The molecule has 0 bridgehead atoms. The molecule has 3 aliphatic heterocycles. The smallest absolute Gasteiger partial charge is 0.184 e. The molecule has 0 saturated carbocycles. The van der Waals surface area contributed by atoms with Crippen molar-refractivity contribution in [1.82, 2.24) is 0 Å². The van der Waals surface area contributed by atoms with Gasteiger partial charge in [-0.05, 0) is 50.4 Å². The molecule has 3 fully saturated rings. The predicted octanol–water partition coefficient (Wildman–Crippen LogP) is 6.29. The Morgan fingerprint density at radius 2 is 1.00 bits per heavy atom. The maximum atomic E-state index is 6.89. The average molecular weight is 469 g/mol. The van der Waals surface area contributed by atoms with Crippen molar-refractivity contribution in [3.8, 4) is 0 Å². The highest BCUT2D eigenvalue weighted by Crippen LogP contribution is 2.42. The minimum atomic E-state index is -0.389. The summed E-state index contributed by atoms with van der Waals surface area (Å²) >= 11 is 0. The Balaban J connectivity index is 1.83. The maximum absolute atomic E-state index is 6.89. The fraction of sp³-hybridized carbons (Fsp3) is 1.00. The van der Waals surface area contributed by atoms with Gasteiger partial charge in [-0.1, -0.05) is 62.3 Å². The first-order valence-corrected chi connectivity index (χ1v) is 13.8. The van der Waals surface area contributed by atoms with Crippen molar-refractivity contribution in [1.29, 1.82) is 0 Å². The Morgan fingerprint density at radius 3 is 1.61 bits per heavy atom. The Labute approximate surface area is 203 Å². The van der Waals surface area contributed by atoms with Crippen molar-refractivity contribution in [2.24, 2.45) is 41.4 Å². The number of hydrogen-bond acceptors (Lipinski definition) is 5. The van der Waals surface area contributed by atoms with E-state index in [1.165, 1.54) is 0 Å². The van der Waals surface area contributed by atoms with Crippen molar-refractivity contribution in [3.05, 3.63) is 0 Å². The largest absolute Gasteiger partial charge is 0.375 e. The van der Waals surface area contributed by atoms with Gasteiger partial charge in [0, 0.05) is 17.8 Å². The van der Waals surface area contributed by atoms with Gasteiger partial charge in [0.05, 0.1) is 30.5 Å². The van der Waals surface area contributed by atoms with E-state index in [9.17, 15) is 0 Å². The van der Waals surface area contributed by atoms with Crippen LogP contribution in [0.15, 0.2) is 0 Å². The van der Waals surface area contributed by atoms with Crippen LogP contribution < -0.4 is 0 Å². The van der Waals surface area contributed by atoms with Gasteiger partial charge in [0.1, 0.15) is 6.10 Å². The van der Waals surface area contributed by atoms with Gasteiger partial charge in [-0.15, -0.1) is 0 Å². The summed E-state index contributed by atoms with van der Waals surface area (Å²) in [6, 6.07) is 0. The first-order chi connectivity index (χ1) is 15.5. The summed E-state index contributed by atoms with van der Waals surface area (Å²) in [6.07, 6.45) is 2.03. The third-order valence-corrected chi connectivity index (χ3v) is 9.83. The zero-order valence-electron chi connectivity index (χ0n) is 23.1. The molecule has 0 aromatic heterocycles. The molecule has 0 aliphatic carbocycles. The van der Waals surface area contributed by atoms with Crippen LogP contribution in [0.4, 0.5) is 0 Å². The summed E-state index contributed by atoms with van der Waals surface area (Å²) in [5.74, 6) is 2.72. The Morgan fingerprint density at radius 1 is 0.455 bits per heavy atom. The molecule has 0 radical (unpaired) electrons. The maximum Gasteiger partial charge on any atom is 0.184 e. The lowest BCUT2D eigenvalue weighted by atomic mass is 9.79. The van der Waals surface area contributed by atoms with Crippen molar-refractivity contribution < 1.29 is 23.7 Å². The Bertz CT molecular complexity index is 613. The first-order valence-electron chi connectivity index (χ1n) is 13.8. The van der Waals surface area contributed by atoms with Crippen LogP contribution in [-0.4, -0.2) is 49.2 Å². The third-order valence-electron chi connectivity index (χ3n) is 9.83. The number of ether oxygens (including phenoxy) is 5. The van der Waals surface area contributed by atoms with Crippen molar-refractivity contribution in [2.75, 3.05) is 0 Å². The molecular weight excluding hydrogens is 416 g/mol. The van der Waals surface area contributed by atoms with Gasteiger partial charge < -0.3 is 23.7 Å². The lowest BCUT2D eigenvalue weighted by Crippen LogP contribution is -2.58. The van der Waals surface area contributed by atoms with Crippen LogP contribution in [0.1, 0.15) is 89.0 Å². The minimum Gasteiger partial charge on any atom is -0.375 e. The normalized spacial score (nSPS) is 53.7. The molecule has 33 heavy (non-hydrogen) atoms. The van der Waals surface area contributed by atoms with E-state index in [1.54, 1.807) is 0 Å². The van der Waals surface area contributed by atoms with Crippen LogP contribution in [0, 0.1) is 41.4 Å². The lowest BCUT2D eigenvalue weighted by Gasteiger charge is -2.51. The quantitative estimate of drug-likeness (QED) is 0.459. The zero-order valence-corrected chi connectivity index (χ0v) is 23.1. The van der Waals surface area contributed by atoms with E-state index in [0.29, 0.717) is 41.4 Å². The van der Waals surface area contributed by atoms with E-state index >= 15 is 0 Å². The van der Waals surface area contributed by atoms with E-state index < -0.39 is 0 Å². The van der Waals surface area contributed by atoms with E-state index in [1.807, 2.05) is 0 Å². The summed E-state index contributed by atoms with van der Waals surface area (Å²) in [4.78, 5) is 0. The highest BCUT2D eigenvalue weighted by atomic mass is 16.7. The van der Waals surface area contributed by atoms with Crippen LogP contribution in [0.2, 0.25) is 0 Å². The summed E-state index contributed by atoms with van der Waals surface area (Å²) in [5.41, 5.74) is 0. The fourth-order valence-electron chi connectivity index (χ4n) is 6.30. The molecule has 3 heterocycles. The SMILES string of the molecule is CCC1O[C@@H](O[C@@H]2C(C)[C@H](C)OC(CC)[C@@H]2C)C(O[C@@H]2OC(C)[C@@H](C)[C@H](C)C2C)[C@@H](C)[C@H]1C. The second kappa shape index (κ2) is 11.2. The van der Waals surface area contributed by atoms with Gasteiger partial charge >= 0.3 is 0 Å². The van der Waals surface area contributed by atoms with Gasteiger partial charge in [0.15, 0.2) is 12.6 Å². The fourth-order valence-corrected chi connectivity index (χ4v) is 6.30. The molecule has 0 N–H and O–H groups in total. The average Bonchev–Trinajstić information content (AvgIpc) is 2.79. The molecule has 0 spiro atoms. The molecule has 6 unspecified atom stereocenters. The van der Waals surface area contributed by atoms with Crippen LogP contribution >= 0.6 is 0 Å². The predicted molar refractivity (Wildman–Crippen MR) is 132 cm³/mol. The highest BCUT2D eigenvalue weighted by molar-refractivity contribution is 4.91. The second-order valence-electron chi connectivity index (χ2n) is 11.7. The Kier molecular flexibility index (Phi) is 9.33. The molecule has 5 heteroatoms. The lowest BCUT2D eigenvalue weighted by molar-refractivity contribution is -0.353. The summed E-state index contributed by atoms with van der Waals surface area (Å²) in [5, 5.41) is 0. The van der Waals surface area contributed by atoms with Crippen LogP contribution in [0.3, 0.4) is 0 Å². The molecule has 3 rings (SSSR count). The standard InChI is InChI=1S/C28H52O5/c1-12-23-16(5)17(6)26(33-27-18(7)14(3)15(4)21(10)30-27)28(31-23)32-25-19(8)22(11)29-24(13-2)20(25)9/h14-28H,12-13H2,1-11H3/t14-,15-,16+,17-,18?,19?,20-,21?,22-,23?,24?,25+,26?,27-,28-/m0/s1. The van der Waals surface area contributed by atoms with Crippen molar-refractivity contribution in [2.45, 2.75) is 138 Å². The molecule has 3 saturated heterocycles. The summed E-state index contributed by atoms with van der Waals surface area (Å²) in [6.45, 7) is 24.7. The van der Waals surface area contributed by atoms with E-state index in [2.05, 4.69) is 76.2 Å². The molecule has 0 aromatic rings. The summed E-state index contributed by atoms with van der Waals surface area (Å²) in [7, 11) is 0. The summed E-state index contributed by atoms with van der Waals surface area (Å²) < 4.78 is 33.0. The van der Waals surface area contributed by atoms with Gasteiger partial charge in [0.2, 0.25) is 0 Å². The van der Waals surface area contributed by atoms with Gasteiger partial charge in [0.25, 0.3) is 0 Å². The topological polar surface area (TPSA) is 46.2 Å². The van der Waals surface area contributed by atoms with Crippen LogP contribution in [0.25, 0.3) is 0 Å². The molecule has 5 nitrogen and oxygen atoms in total. The minimum absolute atomic E-state index is 0.0791. The van der Waals surface area contributed by atoms with Gasteiger partial charge in [-0.25, -0.2) is 0 Å². The molecule has 3 aliphatic rings. The van der Waals surface area contributed by atoms with Crippen molar-refractivity contribution >= 4 is 0 Å².